The van der Waals surface area contributed by atoms with Crippen LogP contribution in [0.25, 0.3) is 0 Å². The fourth-order valence-corrected chi connectivity index (χ4v) is 0.622. The summed E-state index contributed by atoms with van der Waals surface area (Å²) in [5, 5.41) is 15.2. The van der Waals surface area contributed by atoms with E-state index < -0.39 is 6.16 Å². The van der Waals surface area contributed by atoms with Gasteiger partial charge < -0.3 is 24.4 Å². The SMILES string of the molecule is CC1COC(=O)O1.CCOCC.OCCO. The van der Waals surface area contributed by atoms with Crippen molar-refractivity contribution in [1.29, 1.82) is 0 Å². The van der Waals surface area contributed by atoms with Crippen LogP contribution in [0.2, 0.25) is 0 Å². The van der Waals surface area contributed by atoms with Crippen molar-refractivity contribution in [3.63, 3.8) is 0 Å². The summed E-state index contributed by atoms with van der Waals surface area (Å²) >= 11 is 0. The van der Waals surface area contributed by atoms with E-state index in [2.05, 4.69) is 9.47 Å². The summed E-state index contributed by atoms with van der Waals surface area (Å²) in [6, 6.07) is 0. The molecule has 1 rings (SSSR count). The van der Waals surface area contributed by atoms with Gasteiger partial charge in [-0.25, -0.2) is 4.79 Å². The Hall–Kier alpha value is -0.850. The molecule has 0 aliphatic carbocycles. The van der Waals surface area contributed by atoms with Crippen LogP contribution in [0.1, 0.15) is 20.8 Å². The monoisotopic (exact) mass is 238 g/mol. The van der Waals surface area contributed by atoms with E-state index in [1.54, 1.807) is 6.92 Å². The molecule has 1 aliphatic heterocycles. The van der Waals surface area contributed by atoms with Crippen molar-refractivity contribution >= 4 is 6.16 Å². The average molecular weight is 238 g/mol. The number of rotatable bonds is 3. The largest absolute Gasteiger partial charge is 0.508 e. The van der Waals surface area contributed by atoms with Gasteiger partial charge in [0, 0.05) is 13.2 Å². The second-order valence-electron chi connectivity index (χ2n) is 2.72. The maximum atomic E-state index is 10.0. The van der Waals surface area contributed by atoms with Gasteiger partial charge in [0.05, 0.1) is 13.2 Å². The number of hydrogen-bond donors (Lipinski definition) is 2. The Balaban J connectivity index is 0. The molecule has 98 valence electrons. The predicted octanol–water partition coefficient (Wildman–Crippen LogP) is 0.555. The Morgan fingerprint density at radius 1 is 1.31 bits per heavy atom. The van der Waals surface area contributed by atoms with Gasteiger partial charge in [-0.2, -0.15) is 0 Å². The number of carbonyl (C=O) groups is 1. The second-order valence-corrected chi connectivity index (χ2v) is 2.72. The molecule has 6 heteroatoms. The summed E-state index contributed by atoms with van der Waals surface area (Å²) in [6.45, 7) is 7.60. The van der Waals surface area contributed by atoms with E-state index in [4.69, 9.17) is 14.9 Å². The van der Waals surface area contributed by atoms with Gasteiger partial charge in [-0.05, 0) is 20.8 Å². The summed E-state index contributed by atoms with van der Waals surface area (Å²) in [7, 11) is 0. The smallest absolute Gasteiger partial charge is 0.430 e. The van der Waals surface area contributed by atoms with Crippen molar-refractivity contribution in [1.82, 2.24) is 0 Å². The Morgan fingerprint density at radius 2 is 1.81 bits per heavy atom. The normalized spacial score (nSPS) is 17.3. The molecule has 0 aromatic heterocycles. The highest BCUT2D eigenvalue weighted by Crippen LogP contribution is 2.02. The fraction of sp³-hybridized carbons (Fsp3) is 0.900. The van der Waals surface area contributed by atoms with Gasteiger partial charge >= 0.3 is 6.16 Å². The third kappa shape index (κ3) is 15.6. The summed E-state index contributed by atoms with van der Waals surface area (Å²) in [6.07, 6.45) is -0.597. The van der Waals surface area contributed by atoms with Crippen LogP contribution in [0, 0.1) is 0 Å². The molecule has 2 N–H and O–H groups in total. The third-order valence-electron chi connectivity index (χ3n) is 1.24. The molecule has 6 nitrogen and oxygen atoms in total. The Kier molecular flexibility index (Phi) is 15.5. The topological polar surface area (TPSA) is 85.2 Å². The Bertz CT molecular complexity index is 146. The molecule has 0 radical (unpaired) electrons. The van der Waals surface area contributed by atoms with Crippen molar-refractivity contribution < 1.29 is 29.2 Å². The van der Waals surface area contributed by atoms with Crippen molar-refractivity contribution in [3.8, 4) is 0 Å². The maximum Gasteiger partial charge on any atom is 0.508 e. The van der Waals surface area contributed by atoms with E-state index in [-0.39, 0.29) is 19.3 Å². The molecule has 0 aromatic carbocycles. The van der Waals surface area contributed by atoms with Gasteiger partial charge in [0.2, 0.25) is 0 Å². The lowest BCUT2D eigenvalue weighted by molar-refractivity contribution is 0.121. The van der Waals surface area contributed by atoms with Crippen molar-refractivity contribution in [2.75, 3.05) is 33.0 Å². The van der Waals surface area contributed by atoms with Crippen LogP contribution in [0.5, 0.6) is 0 Å². The maximum absolute atomic E-state index is 10.0. The van der Waals surface area contributed by atoms with E-state index >= 15 is 0 Å². The standard InChI is InChI=1S/C4H6O3.C4H10O.C2H6O2/c1-3-2-6-4(5)7-3;1-3-5-4-2;3-1-2-4/h3H,2H2,1H3;3-4H2,1-2H3;3-4H,1-2H2. The minimum atomic E-state index is -0.549. The number of carbonyl (C=O) groups excluding carboxylic acids is 1. The molecule has 1 heterocycles. The van der Waals surface area contributed by atoms with Crippen LogP contribution >= 0.6 is 0 Å². The predicted molar refractivity (Wildman–Crippen MR) is 58.2 cm³/mol. The lowest BCUT2D eigenvalue weighted by atomic mass is 10.5. The average Bonchev–Trinajstić information content (AvgIpc) is 2.65. The quantitative estimate of drug-likeness (QED) is 0.699. The summed E-state index contributed by atoms with van der Waals surface area (Å²) < 4.78 is 13.7. The summed E-state index contributed by atoms with van der Waals surface area (Å²) in [5.41, 5.74) is 0. The molecule has 0 bridgehead atoms. The van der Waals surface area contributed by atoms with E-state index in [0.717, 1.165) is 13.2 Å². The lowest BCUT2D eigenvalue weighted by Crippen LogP contribution is -2.01. The third-order valence-corrected chi connectivity index (χ3v) is 1.24. The minimum Gasteiger partial charge on any atom is -0.430 e. The van der Waals surface area contributed by atoms with Gasteiger partial charge in [0.25, 0.3) is 0 Å². The first-order valence-electron chi connectivity index (χ1n) is 5.25. The molecule has 1 unspecified atom stereocenters. The van der Waals surface area contributed by atoms with Crippen LogP contribution < -0.4 is 0 Å². The van der Waals surface area contributed by atoms with Crippen molar-refractivity contribution in [2.24, 2.45) is 0 Å². The first kappa shape index (κ1) is 17.5. The highest BCUT2D eigenvalue weighted by Gasteiger charge is 2.19. The number of cyclic esters (lactones) is 2. The molecule has 16 heavy (non-hydrogen) atoms. The van der Waals surface area contributed by atoms with Gasteiger partial charge in [-0.3, -0.25) is 0 Å². The molecule has 1 fully saturated rings. The van der Waals surface area contributed by atoms with Gasteiger partial charge in [-0.15, -0.1) is 0 Å². The van der Waals surface area contributed by atoms with Crippen LogP contribution in [0.4, 0.5) is 4.79 Å². The molecular weight excluding hydrogens is 216 g/mol. The molecule has 0 saturated carbocycles. The van der Waals surface area contributed by atoms with E-state index in [0.29, 0.717) is 6.61 Å². The van der Waals surface area contributed by atoms with Crippen molar-refractivity contribution in [2.45, 2.75) is 26.9 Å². The molecule has 1 aliphatic rings. The fourth-order valence-electron chi connectivity index (χ4n) is 0.622. The van der Waals surface area contributed by atoms with Gasteiger partial charge in [0.15, 0.2) is 0 Å². The van der Waals surface area contributed by atoms with Crippen LogP contribution in [-0.4, -0.2) is 55.5 Å². The highest BCUT2D eigenvalue weighted by atomic mass is 16.8. The van der Waals surface area contributed by atoms with Crippen LogP contribution in [0.3, 0.4) is 0 Å². The first-order chi connectivity index (χ1) is 7.62. The molecular formula is C10H22O6. The van der Waals surface area contributed by atoms with E-state index in [1.807, 2.05) is 13.8 Å². The molecule has 1 atom stereocenters. The zero-order chi connectivity index (χ0) is 12.8. The lowest BCUT2D eigenvalue weighted by Gasteiger charge is -1.90. The zero-order valence-corrected chi connectivity index (χ0v) is 10.1. The Morgan fingerprint density at radius 3 is 1.88 bits per heavy atom. The molecule has 0 spiro atoms. The zero-order valence-electron chi connectivity index (χ0n) is 10.1. The van der Waals surface area contributed by atoms with Crippen LogP contribution in [0.15, 0.2) is 0 Å². The molecule has 0 amide bonds. The summed E-state index contributed by atoms with van der Waals surface area (Å²) in [4.78, 5) is 10.0. The minimum absolute atomic E-state index is 0.0486. The summed E-state index contributed by atoms with van der Waals surface area (Å²) in [5.74, 6) is 0. The van der Waals surface area contributed by atoms with Gasteiger partial charge in [0.1, 0.15) is 12.7 Å². The number of aliphatic hydroxyl groups is 2. The Labute approximate surface area is 96.1 Å². The second kappa shape index (κ2) is 14.2. The number of hydrogen-bond acceptors (Lipinski definition) is 6. The number of aliphatic hydroxyl groups excluding tert-OH is 2. The van der Waals surface area contributed by atoms with E-state index in [1.165, 1.54) is 0 Å². The van der Waals surface area contributed by atoms with Gasteiger partial charge in [-0.1, -0.05) is 0 Å². The van der Waals surface area contributed by atoms with Crippen molar-refractivity contribution in [3.05, 3.63) is 0 Å². The molecule has 1 saturated heterocycles. The molecule has 0 aromatic rings. The first-order valence-corrected chi connectivity index (χ1v) is 5.25. The van der Waals surface area contributed by atoms with Crippen LogP contribution in [-0.2, 0) is 14.2 Å². The van der Waals surface area contributed by atoms with E-state index in [9.17, 15) is 4.79 Å². The highest BCUT2D eigenvalue weighted by molar-refractivity contribution is 5.61. The number of ether oxygens (including phenoxy) is 3.